The van der Waals surface area contributed by atoms with Crippen molar-refractivity contribution in [3.63, 3.8) is 0 Å². The van der Waals surface area contributed by atoms with E-state index >= 15 is 0 Å². The maximum absolute atomic E-state index is 13.0. The van der Waals surface area contributed by atoms with Gasteiger partial charge in [0.2, 0.25) is 15.9 Å². The van der Waals surface area contributed by atoms with E-state index in [1.807, 2.05) is 38.1 Å². The number of likely N-dealkylation sites (N-methyl/N-ethyl adjacent to an activating group) is 1. The van der Waals surface area contributed by atoms with Crippen molar-refractivity contribution in [1.82, 2.24) is 4.31 Å². The molecule has 1 saturated heterocycles. The van der Waals surface area contributed by atoms with E-state index in [-0.39, 0.29) is 23.9 Å². The van der Waals surface area contributed by atoms with E-state index < -0.39 is 10.0 Å². The first kappa shape index (κ1) is 22.3. The summed E-state index contributed by atoms with van der Waals surface area (Å²) in [5.41, 5.74) is 3.63. The normalized spacial score (nSPS) is 14.7. The molecule has 1 amide bonds. The standard InChI is InChI=1S/C22H29N3O4S/c1-4-25(30(27,28)21-10-5-17(2)18(3)15-21)16-22(26)23-19-6-8-20(9-7-19)24-11-13-29-14-12-24/h5-10,15H,4,11-14,16H2,1-3H3,(H,23,26). The van der Waals surface area contributed by atoms with Gasteiger partial charge < -0.3 is 15.0 Å². The molecule has 0 radical (unpaired) electrons. The number of ether oxygens (including phenoxy) is 1. The zero-order chi connectivity index (χ0) is 21.7. The highest BCUT2D eigenvalue weighted by Gasteiger charge is 2.25. The van der Waals surface area contributed by atoms with Gasteiger partial charge in [0.25, 0.3) is 0 Å². The van der Waals surface area contributed by atoms with Gasteiger partial charge in [-0.1, -0.05) is 13.0 Å². The van der Waals surface area contributed by atoms with Crippen LogP contribution >= 0.6 is 0 Å². The molecule has 0 bridgehead atoms. The number of benzene rings is 2. The summed E-state index contributed by atoms with van der Waals surface area (Å²) in [5.74, 6) is -0.372. The van der Waals surface area contributed by atoms with Gasteiger partial charge in [0.15, 0.2) is 0 Å². The maximum atomic E-state index is 13.0. The summed E-state index contributed by atoms with van der Waals surface area (Å²) in [6.07, 6.45) is 0. The van der Waals surface area contributed by atoms with E-state index in [9.17, 15) is 13.2 Å². The van der Waals surface area contributed by atoms with Crippen LogP contribution in [0.5, 0.6) is 0 Å². The van der Waals surface area contributed by atoms with Crippen molar-refractivity contribution in [3.8, 4) is 0 Å². The van der Waals surface area contributed by atoms with Crippen LogP contribution < -0.4 is 10.2 Å². The molecule has 1 aliphatic heterocycles. The summed E-state index contributed by atoms with van der Waals surface area (Å²) in [6, 6.07) is 12.6. The van der Waals surface area contributed by atoms with Gasteiger partial charge >= 0.3 is 0 Å². The SMILES string of the molecule is CCN(CC(=O)Nc1ccc(N2CCOCC2)cc1)S(=O)(=O)c1ccc(C)c(C)c1. The fourth-order valence-electron chi connectivity index (χ4n) is 3.33. The maximum Gasteiger partial charge on any atom is 0.243 e. The van der Waals surface area contributed by atoms with E-state index in [2.05, 4.69) is 10.2 Å². The summed E-state index contributed by atoms with van der Waals surface area (Å²) in [7, 11) is -3.74. The number of carbonyl (C=O) groups is 1. The molecule has 162 valence electrons. The predicted molar refractivity (Wildman–Crippen MR) is 118 cm³/mol. The Morgan fingerprint density at radius 3 is 2.33 bits per heavy atom. The van der Waals surface area contributed by atoms with Crippen molar-refractivity contribution in [2.75, 3.05) is 49.6 Å². The molecule has 0 saturated carbocycles. The van der Waals surface area contributed by atoms with Gasteiger partial charge in [0.05, 0.1) is 24.7 Å². The Labute approximate surface area is 178 Å². The highest BCUT2D eigenvalue weighted by Crippen LogP contribution is 2.21. The third kappa shape index (κ3) is 5.19. The number of morpholine rings is 1. The number of rotatable bonds is 7. The number of hydrogen-bond acceptors (Lipinski definition) is 5. The monoisotopic (exact) mass is 431 g/mol. The highest BCUT2D eigenvalue weighted by molar-refractivity contribution is 7.89. The van der Waals surface area contributed by atoms with Crippen molar-refractivity contribution >= 4 is 27.3 Å². The molecule has 0 aromatic heterocycles. The number of carbonyl (C=O) groups excluding carboxylic acids is 1. The van der Waals surface area contributed by atoms with Crippen molar-refractivity contribution in [2.24, 2.45) is 0 Å². The molecular weight excluding hydrogens is 402 g/mol. The first-order valence-corrected chi connectivity index (χ1v) is 11.6. The molecule has 1 fully saturated rings. The van der Waals surface area contributed by atoms with Crippen LogP contribution in [0.15, 0.2) is 47.4 Å². The fourth-order valence-corrected chi connectivity index (χ4v) is 4.82. The van der Waals surface area contributed by atoms with Crippen LogP contribution in [-0.4, -0.2) is 58.0 Å². The summed E-state index contributed by atoms with van der Waals surface area (Å²) in [6.45, 7) is 8.60. The van der Waals surface area contributed by atoms with Gasteiger partial charge in [0, 0.05) is 31.0 Å². The first-order valence-electron chi connectivity index (χ1n) is 10.1. The van der Waals surface area contributed by atoms with Crippen LogP contribution in [0, 0.1) is 13.8 Å². The van der Waals surface area contributed by atoms with Crippen LogP contribution in [0.3, 0.4) is 0 Å². The molecule has 0 unspecified atom stereocenters. The summed E-state index contributed by atoms with van der Waals surface area (Å²) < 4.78 is 32.5. The third-order valence-corrected chi connectivity index (χ3v) is 7.23. The van der Waals surface area contributed by atoms with E-state index in [0.717, 1.165) is 29.9 Å². The molecule has 8 heteroatoms. The summed E-state index contributed by atoms with van der Waals surface area (Å²) in [5, 5.41) is 2.79. The minimum absolute atomic E-state index is 0.204. The molecule has 7 nitrogen and oxygen atoms in total. The van der Waals surface area contributed by atoms with Gasteiger partial charge in [-0.05, 0) is 61.4 Å². The smallest absolute Gasteiger partial charge is 0.243 e. The Bertz CT molecular complexity index is 984. The van der Waals surface area contributed by atoms with Gasteiger partial charge in [-0.3, -0.25) is 4.79 Å². The lowest BCUT2D eigenvalue weighted by Crippen LogP contribution is -2.38. The number of nitrogens with zero attached hydrogens (tertiary/aromatic N) is 2. The average molecular weight is 432 g/mol. The van der Waals surface area contributed by atoms with Crippen molar-refractivity contribution < 1.29 is 17.9 Å². The Morgan fingerprint density at radius 1 is 1.07 bits per heavy atom. The topological polar surface area (TPSA) is 79.0 Å². The summed E-state index contributed by atoms with van der Waals surface area (Å²) in [4.78, 5) is 15.0. The van der Waals surface area contributed by atoms with E-state index in [4.69, 9.17) is 4.74 Å². The lowest BCUT2D eigenvalue weighted by atomic mass is 10.1. The van der Waals surface area contributed by atoms with Crippen LogP contribution in [-0.2, 0) is 19.6 Å². The molecule has 3 rings (SSSR count). The zero-order valence-corrected chi connectivity index (χ0v) is 18.5. The molecule has 2 aromatic carbocycles. The number of anilines is 2. The largest absolute Gasteiger partial charge is 0.378 e. The second-order valence-electron chi connectivity index (χ2n) is 7.37. The molecule has 0 aliphatic carbocycles. The molecule has 0 atom stereocenters. The van der Waals surface area contributed by atoms with Gasteiger partial charge in [0.1, 0.15) is 0 Å². The molecule has 1 aliphatic rings. The van der Waals surface area contributed by atoms with Crippen LogP contribution in [0.1, 0.15) is 18.1 Å². The van der Waals surface area contributed by atoms with Crippen molar-refractivity contribution in [2.45, 2.75) is 25.7 Å². The lowest BCUT2D eigenvalue weighted by Gasteiger charge is -2.29. The Balaban J connectivity index is 1.65. The molecule has 1 N–H and O–H groups in total. The second-order valence-corrected chi connectivity index (χ2v) is 9.31. The molecule has 30 heavy (non-hydrogen) atoms. The Kier molecular flexibility index (Phi) is 7.12. The quantitative estimate of drug-likeness (QED) is 0.729. The van der Waals surface area contributed by atoms with Gasteiger partial charge in [-0.25, -0.2) is 8.42 Å². The highest BCUT2D eigenvalue weighted by atomic mass is 32.2. The van der Waals surface area contributed by atoms with E-state index in [1.165, 1.54) is 4.31 Å². The number of amides is 1. The van der Waals surface area contributed by atoms with E-state index in [0.29, 0.717) is 18.9 Å². The van der Waals surface area contributed by atoms with Crippen LogP contribution in [0.4, 0.5) is 11.4 Å². The van der Waals surface area contributed by atoms with E-state index in [1.54, 1.807) is 25.1 Å². The average Bonchev–Trinajstić information content (AvgIpc) is 2.75. The van der Waals surface area contributed by atoms with Crippen LogP contribution in [0.2, 0.25) is 0 Å². The molecule has 1 heterocycles. The Hall–Kier alpha value is -2.42. The fraction of sp³-hybridized carbons (Fsp3) is 0.409. The molecule has 2 aromatic rings. The number of hydrogen-bond donors (Lipinski definition) is 1. The minimum Gasteiger partial charge on any atom is -0.378 e. The van der Waals surface area contributed by atoms with Crippen LogP contribution in [0.25, 0.3) is 0 Å². The Morgan fingerprint density at radius 2 is 1.73 bits per heavy atom. The molecule has 0 spiro atoms. The van der Waals surface area contributed by atoms with Gasteiger partial charge in [-0.2, -0.15) is 4.31 Å². The minimum atomic E-state index is -3.74. The van der Waals surface area contributed by atoms with Crippen molar-refractivity contribution in [1.29, 1.82) is 0 Å². The predicted octanol–water partition coefficient (Wildman–Crippen LogP) is 2.79. The third-order valence-electron chi connectivity index (χ3n) is 5.32. The van der Waals surface area contributed by atoms with Gasteiger partial charge in [-0.15, -0.1) is 0 Å². The van der Waals surface area contributed by atoms with Crippen molar-refractivity contribution in [3.05, 3.63) is 53.6 Å². The number of sulfonamides is 1. The molecular formula is C22H29N3O4S. The zero-order valence-electron chi connectivity index (χ0n) is 17.7. The number of aryl methyl sites for hydroxylation is 2. The summed E-state index contributed by atoms with van der Waals surface area (Å²) >= 11 is 0. The lowest BCUT2D eigenvalue weighted by molar-refractivity contribution is -0.116. The second kappa shape index (κ2) is 9.59. The first-order chi connectivity index (χ1) is 14.3. The number of nitrogens with one attached hydrogen (secondary N) is 1.